The molecule has 0 aliphatic heterocycles. The summed E-state index contributed by atoms with van der Waals surface area (Å²) in [6, 6.07) is 3.65. The molecule has 5 nitrogen and oxygen atoms in total. The molecular weight excluding hydrogens is 208 g/mol. The summed E-state index contributed by atoms with van der Waals surface area (Å²) >= 11 is 0. The molecule has 0 unspecified atom stereocenters. The van der Waals surface area contributed by atoms with Crippen molar-refractivity contribution >= 4 is 5.97 Å². The van der Waals surface area contributed by atoms with E-state index in [1.165, 1.54) is 12.5 Å². The van der Waals surface area contributed by atoms with Crippen LogP contribution in [0.5, 0.6) is 0 Å². The van der Waals surface area contributed by atoms with Crippen molar-refractivity contribution < 1.29 is 14.3 Å². The van der Waals surface area contributed by atoms with Crippen LogP contribution in [-0.4, -0.2) is 21.0 Å². The van der Waals surface area contributed by atoms with Crippen LogP contribution < -0.4 is 0 Å². The quantitative estimate of drug-likeness (QED) is 0.842. The predicted molar refractivity (Wildman–Crippen MR) is 55.1 cm³/mol. The van der Waals surface area contributed by atoms with Crippen molar-refractivity contribution in [2.45, 2.75) is 12.8 Å². The summed E-state index contributed by atoms with van der Waals surface area (Å²) in [4.78, 5) is 18.4. The highest BCUT2D eigenvalue weighted by Crippen LogP contribution is 2.09. The molecule has 0 saturated heterocycles. The Balaban J connectivity index is 2.12. The van der Waals surface area contributed by atoms with Crippen molar-refractivity contribution in [2.75, 3.05) is 0 Å². The van der Waals surface area contributed by atoms with Gasteiger partial charge in [0, 0.05) is 18.2 Å². The molecule has 0 bridgehead atoms. The van der Waals surface area contributed by atoms with Crippen LogP contribution in [0.15, 0.2) is 35.3 Å². The van der Waals surface area contributed by atoms with Gasteiger partial charge in [-0.15, -0.1) is 0 Å². The molecule has 0 amide bonds. The fraction of sp³-hybridized carbons (Fsp3) is 0.182. The number of nitrogens with zero attached hydrogens (tertiary/aromatic N) is 2. The van der Waals surface area contributed by atoms with Gasteiger partial charge in [0.05, 0.1) is 6.26 Å². The first-order valence-corrected chi connectivity index (χ1v) is 4.82. The number of carboxylic acids is 1. The molecule has 0 atom stereocenters. The fourth-order valence-electron chi connectivity index (χ4n) is 1.45. The van der Waals surface area contributed by atoms with Crippen LogP contribution in [-0.2, 0) is 12.8 Å². The topological polar surface area (TPSA) is 76.2 Å². The van der Waals surface area contributed by atoms with E-state index in [2.05, 4.69) is 9.97 Å². The maximum atomic E-state index is 10.9. The van der Waals surface area contributed by atoms with Gasteiger partial charge in [-0.3, -0.25) is 0 Å². The van der Waals surface area contributed by atoms with Gasteiger partial charge in [0.2, 0.25) is 0 Å². The zero-order valence-corrected chi connectivity index (χ0v) is 8.46. The Morgan fingerprint density at radius 3 is 3.00 bits per heavy atom. The molecule has 2 rings (SSSR count). The minimum atomic E-state index is -1.03. The molecule has 0 radical (unpaired) electrons. The minimum absolute atomic E-state index is 0.0570. The molecule has 2 aromatic heterocycles. The molecule has 0 aliphatic carbocycles. The fourth-order valence-corrected chi connectivity index (χ4v) is 1.45. The number of carbonyl (C=O) groups is 1. The summed E-state index contributed by atoms with van der Waals surface area (Å²) in [6.45, 7) is 0. The Morgan fingerprint density at radius 2 is 2.31 bits per heavy atom. The van der Waals surface area contributed by atoms with E-state index in [1.54, 1.807) is 12.3 Å². The first-order chi connectivity index (χ1) is 7.77. The summed E-state index contributed by atoms with van der Waals surface area (Å²) in [7, 11) is 0. The maximum Gasteiger partial charge on any atom is 0.354 e. The van der Waals surface area contributed by atoms with E-state index in [0.29, 0.717) is 18.4 Å². The van der Waals surface area contributed by atoms with E-state index in [1.807, 2.05) is 6.07 Å². The lowest BCUT2D eigenvalue weighted by Crippen LogP contribution is -2.07. The van der Waals surface area contributed by atoms with Crippen LogP contribution in [0.25, 0.3) is 0 Å². The molecule has 2 heterocycles. The molecule has 0 saturated carbocycles. The number of rotatable bonds is 4. The number of carboxylic acid groups (broad SMARTS) is 1. The standard InChI is InChI=1S/C11H10N2O3/c14-11(15)10-8(6-12-7-13-10)3-4-9-2-1-5-16-9/h1-2,5-7H,3-4H2,(H,14,15). The lowest BCUT2D eigenvalue weighted by molar-refractivity contribution is 0.0689. The van der Waals surface area contributed by atoms with Crippen LogP contribution in [0.4, 0.5) is 0 Å². The highest BCUT2D eigenvalue weighted by Gasteiger charge is 2.11. The van der Waals surface area contributed by atoms with E-state index in [0.717, 1.165) is 5.76 Å². The number of aryl methyl sites for hydroxylation is 2. The average Bonchev–Trinajstić information content (AvgIpc) is 2.79. The van der Waals surface area contributed by atoms with Gasteiger partial charge in [-0.05, 0) is 18.6 Å². The molecule has 5 heteroatoms. The second-order valence-corrected chi connectivity index (χ2v) is 3.28. The van der Waals surface area contributed by atoms with Crippen LogP contribution in [0.1, 0.15) is 21.8 Å². The SMILES string of the molecule is O=C(O)c1ncncc1CCc1ccco1. The molecule has 0 spiro atoms. The highest BCUT2D eigenvalue weighted by molar-refractivity contribution is 5.86. The van der Waals surface area contributed by atoms with Gasteiger partial charge in [-0.2, -0.15) is 0 Å². The van der Waals surface area contributed by atoms with E-state index in [-0.39, 0.29) is 5.69 Å². The molecule has 0 aromatic carbocycles. The van der Waals surface area contributed by atoms with Gasteiger partial charge in [-0.1, -0.05) is 0 Å². The number of aromatic carboxylic acids is 1. The third-order valence-corrected chi connectivity index (χ3v) is 2.21. The van der Waals surface area contributed by atoms with Crippen molar-refractivity contribution in [3.63, 3.8) is 0 Å². The van der Waals surface area contributed by atoms with Gasteiger partial charge in [-0.25, -0.2) is 14.8 Å². The average molecular weight is 218 g/mol. The van der Waals surface area contributed by atoms with Gasteiger partial charge in [0.1, 0.15) is 12.1 Å². The van der Waals surface area contributed by atoms with Gasteiger partial charge < -0.3 is 9.52 Å². The Hall–Kier alpha value is -2.17. The molecule has 82 valence electrons. The van der Waals surface area contributed by atoms with Crippen molar-refractivity contribution in [3.8, 4) is 0 Å². The number of furan rings is 1. The Labute approximate surface area is 91.8 Å². The van der Waals surface area contributed by atoms with Crippen LogP contribution in [0.2, 0.25) is 0 Å². The molecule has 1 N–H and O–H groups in total. The van der Waals surface area contributed by atoms with Crippen molar-refractivity contribution in [1.82, 2.24) is 9.97 Å². The maximum absolute atomic E-state index is 10.9. The van der Waals surface area contributed by atoms with Crippen molar-refractivity contribution in [3.05, 3.63) is 47.9 Å². The minimum Gasteiger partial charge on any atom is -0.477 e. The van der Waals surface area contributed by atoms with Crippen LogP contribution in [0.3, 0.4) is 0 Å². The second kappa shape index (κ2) is 4.57. The second-order valence-electron chi connectivity index (χ2n) is 3.28. The number of hydrogen-bond acceptors (Lipinski definition) is 4. The first-order valence-electron chi connectivity index (χ1n) is 4.82. The van der Waals surface area contributed by atoms with E-state index in [4.69, 9.17) is 9.52 Å². The largest absolute Gasteiger partial charge is 0.477 e. The molecule has 0 fully saturated rings. The monoisotopic (exact) mass is 218 g/mol. The van der Waals surface area contributed by atoms with E-state index in [9.17, 15) is 4.79 Å². The summed E-state index contributed by atoms with van der Waals surface area (Å²) in [5.74, 6) is -0.211. The molecule has 16 heavy (non-hydrogen) atoms. The van der Waals surface area contributed by atoms with Crippen molar-refractivity contribution in [1.29, 1.82) is 0 Å². The van der Waals surface area contributed by atoms with E-state index >= 15 is 0 Å². The molecular formula is C11H10N2O3. The van der Waals surface area contributed by atoms with Gasteiger partial charge in [0.15, 0.2) is 5.69 Å². The lowest BCUT2D eigenvalue weighted by atomic mass is 10.1. The Morgan fingerprint density at radius 1 is 1.44 bits per heavy atom. The van der Waals surface area contributed by atoms with Gasteiger partial charge in [0.25, 0.3) is 0 Å². The van der Waals surface area contributed by atoms with Crippen molar-refractivity contribution in [2.24, 2.45) is 0 Å². The predicted octanol–water partition coefficient (Wildman–Crippen LogP) is 1.55. The van der Waals surface area contributed by atoms with E-state index < -0.39 is 5.97 Å². The smallest absolute Gasteiger partial charge is 0.354 e. The first kappa shape index (κ1) is 10.4. The highest BCUT2D eigenvalue weighted by atomic mass is 16.4. The Bertz CT molecular complexity index is 480. The molecule has 2 aromatic rings. The Kier molecular flexibility index (Phi) is 2.95. The summed E-state index contributed by atoms with van der Waals surface area (Å²) in [6.07, 6.45) is 5.55. The summed E-state index contributed by atoms with van der Waals surface area (Å²) in [5.41, 5.74) is 0.674. The normalized spacial score (nSPS) is 10.2. The summed E-state index contributed by atoms with van der Waals surface area (Å²) < 4.78 is 5.17. The summed E-state index contributed by atoms with van der Waals surface area (Å²) in [5, 5.41) is 8.91. The third-order valence-electron chi connectivity index (χ3n) is 2.21. The number of hydrogen-bond donors (Lipinski definition) is 1. The zero-order valence-electron chi connectivity index (χ0n) is 8.46. The van der Waals surface area contributed by atoms with Gasteiger partial charge >= 0.3 is 5.97 Å². The zero-order chi connectivity index (χ0) is 11.4. The van der Waals surface area contributed by atoms with Crippen LogP contribution >= 0.6 is 0 Å². The molecule has 0 aliphatic rings. The number of aromatic nitrogens is 2. The third kappa shape index (κ3) is 2.25. The van der Waals surface area contributed by atoms with Crippen LogP contribution in [0, 0.1) is 0 Å². The lowest BCUT2D eigenvalue weighted by Gasteiger charge is -2.02.